The molecule has 1 saturated heterocycles. The lowest BCUT2D eigenvalue weighted by molar-refractivity contribution is 0.0785. The highest BCUT2D eigenvalue weighted by Gasteiger charge is 2.17. The van der Waals surface area contributed by atoms with Crippen molar-refractivity contribution in [2.75, 3.05) is 20.1 Å². The predicted molar refractivity (Wildman–Crippen MR) is 107 cm³/mol. The number of hydrogen-bond donors (Lipinski definition) is 0. The SMILES string of the molecule is C[C@@H]1CCCN(Cc2ccc(C(=O)N(C)Cc3ccc(Cl)cc3)cc2)C1. The minimum absolute atomic E-state index is 0.0399. The first-order chi connectivity index (χ1) is 12.5. The van der Waals surface area contributed by atoms with Crippen molar-refractivity contribution in [3.63, 3.8) is 0 Å². The number of rotatable bonds is 5. The first kappa shape index (κ1) is 18.9. The molecule has 1 fully saturated rings. The summed E-state index contributed by atoms with van der Waals surface area (Å²) >= 11 is 5.92. The van der Waals surface area contributed by atoms with Gasteiger partial charge in [-0.25, -0.2) is 0 Å². The van der Waals surface area contributed by atoms with E-state index in [-0.39, 0.29) is 5.91 Å². The van der Waals surface area contributed by atoms with Crippen LogP contribution in [0.2, 0.25) is 5.02 Å². The first-order valence-corrected chi connectivity index (χ1v) is 9.70. The van der Waals surface area contributed by atoms with Crippen LogP contribution in [0.4, 0.5) is 0 Å². The van der Waals surface area contributed by atoms with Crippen LogP contribution in [0.3, 0.4) is 0 Å². The largest absolute Gasteiger partial charge is 0.337 e. The van der Waals surface area contributed by atoms with Gasteiger partial charge in [-0.15, -0.1) is 0 Å². The van der Waals surface area contributed by atoms with Gasteiger partial charge < -0.3 is 4.90 Å². The van der Waals surface area contributed by atoms with Gasteiger partial charge in [-0.05, 0) is 60.7 Å². The Kier molecular flexibility index (Phi) is 6.33. The average molecular weight is 371 g/mol. The zero-order chi connectivity index (χ0) is 18.5. The standard InChI is InChI=1S/C22H27ClN2O/c1-17-4-3-13-25(14-17)16-19-5-9-20(10-6-19)22(26)24(2)15-18-7-11-21(23)12-8-18/h5-12,17H,3-4,13-16H2,1-2H3/t17-/m1/s1. The summed E-state index contributed by atoms with van der Waals surface area (Å²) in [5.41, 5.74) is 3.08. The van der Waals surface area contributed by atoms with Crippen LogP contribution in [0.25, 0.3) is 0 Å². The van der Waals surface area contributed by atoms with E-state index in [1.165, 1.54) is 31.5 Å². The van der Waals surface area contributed by atoms with Crippen molar-refractivity contribution in [2.45, 2.75) is 32.9 Å². The summed E-state index contributed by atoms with van der Waals surface area (Å²) in [6.45, 7) is 6.21. The molecule has 0 saturated carbocycles. The molecule has 4 heteroatoms. The molecule has 1 amide bonds. The van der Waals surface area contributed by atoms with Crippen molar-refractivity contribution in [3.8, 4) is 0 Å². The highest BCUT2D eigenvalue weighted by Crippen LogP contribution is 2.18. The Hall–Kier alpha value is -1.84. The van der Waals surface area contributed by atoms with E-state index in [9.17, 15) is 4.79 Å². The summed E-state index contributed by atoms with van der Waals surface area (Å²) < 4.78 is 0. The molecular formula is C22H27ClN2O. The molecular weight excluding hydrogens is 344 g/mol. The fraction of sp³-hybridized carbons (Fsp3) is 0.409. The van der Waals surface area contributed by atoms with E-state index in [4.69, 9.17) is 11.6 Å². The second-order valence-electron chi connectivity index (χ2n) is 7.47. The van der Waals surface area contributed by atoms with Crippen molar-refractivity contribution in [1.29, 1.82) is 0 Å². The van der Waals surface area contributed by atoms with Gasteiger partial charge in [-0.1, -0.05) is 42.8 Å². The monoisotopic (exact) mass is 370 g/mol. The summed E-state index contributed by atoms with van der Waals surface area (Å²) in [7, 11) is 1.83. The van der Waals surface area contributed by atoms with Crippen LogP contribution in [-0.2, 0) is 13.1 Å². The molecule has 138 valence electrons. The van der Waals surface area contributed by atoms with E-state index in [0.29, 0.717) is 11.6 Å². The van der Waals surface area contributed by atoms with Gasteiger partial charge in [0.1, 0.15) is 0 Å². The fourth-order valence-corrected chi connectivity index (χ4v) is 3.72. The zero-order valence-electron chi connectivity index (χ0n) is 15.6. The third-order valence-corrected chi connectivity index (χ3v) is 5.28. The maximum atomic E-state index is 12.6. The van der Waals surface area contributed by atoms with E-state index in [0.717, 1.165) is 23.6 Å². The molecule has 1 aliphatic heterocycles. The fourth-order valence-electron chi connectivity index (χ4n) is 3.60. The number of carbonyl (C=O) groups is 1. The van der Waals surface area contributed by atoms with Crippen LogP contribution < -0.4 is 0 Å². The van der Waals surface area contributed by atoms with Crippen molar-refractivity contribution in [3.05, 3.63) is 70.2 Å². The Morgan fingerprint density at radius 3 is 2.42 bits per heavy atom. The molecule has 0 aromatic heterocycles. The number of halogens is 1. The minimum Gasteiger partial charge on any atom is -0.337 e. The molecule has 0 aliphatic carbocycles. The van der Waals surface area contributed by atoms with Gasteiger partial charge in [0.2, 0.25) is 0 Å². The summed E-state index contributed by atoms with van der Waals surface area (Å²) in [6.07, 6.45) is 2.62. The van der Waals surface area contributed by atoms with Crippen molar-refractivity contribution < 1.29 is 4.79 Å². The van der Waals surface area contributed by atoms with Crippen molar-refractivity contribution in [2.24, 2.45) is 5.92 Å². The van der Waals surface area contributed by atoms with Gasteiger partial charge in [0, 0.05) is 37.3 Å². The van der Waals surface area contributed by atoms with Crippen LogP contribution in [0.1, 0.15) is 41.3 Å². The highest BCUT2D eigenvalue weighted by molar-refractivity contribution is 6.30. The molecule has 26 heavy (non-hydrogen) atoms. The number of benzene rings is 2. The molecule has 0 unspecified atom stereocenters. The minimum atomic E-state index is 0.0399. The molecule has 2 aromatic rings. The molecule has 3 nitrogen and oxygen atoms in total. The molecule has 1 heterocycles. The topological polar surface area (TPSA) is 23.6 Å². The maximum absolute atomic E-state index is 12.6. The average Bonchev–Trinajstić information content (AvgIpc) is 2.64. The second-order valence-corrected chi connectivity index (χ2v) is 7.90. The number of carbonyl (C=O) groups excluding carboxylic acids is 1. The Labute approximate surface area is 161 Å². The van der Waals surface area contributed by atoms with Crippen LogP contribution in [0, 0.1) is 5.92 Å². The molecule has 2 aromatic carbocycles. The van der Waals surface area contributed by atoms with E-state index >= 15 is 0 Å². The Morgan fingerprint density at radius 1 is 1.12 bits per heavy atom. The van der Waals surface area contributed by atoms with Gasteiger partial charge in [0.25, 0.3) is 5.91 Å². The van der Waals surface area contributed by atoms with Gasteiger partial charge in [0.05, 0.1) is 0 Å². The number of nitrogens with zero attached hydrogens (tertiary/aromatic N) is 2. The van der Waals surface area contributed by atoms with Crippen LogP contribution >= 0.6 is 11.6 Å². The molecule has 0 radical (unpaired) electrons. The van der Waals surface area contributed by atoms with Gasteiger partial charge in [-0.2, -0.15) is 0 Å². The molecule has 3 rings (SSSR count). The first-order valence-electron chi connectivity index (χ1n) is 9.32. The number of hydrogen-bond acceptors (Lipinski definition) is 2. The Morgan fingerprint density at radius 2 is 1.77 bits per heavy atom. The van der Waals surface area contributed by atoms with Crippen LogP contribution in [0.5, 0.6) is 0 Å². The van der Waals surface area contributed by atoms with Crippen LogP contribution in [-0.4, -0.2) is 35.8 Å². The predicted octanol–water partition coefficient (Wildman–Crippen LogP) is 4.84. The summed E-state index contributed by atoms with van der Waals surface area (Å²) in [6, 6.07) is 15.7. The van der Waals surface area contributed by atoms with E-state index in [1.54, 1.807) is 4.90 Å². The van der Waals surface area contributed by atoms with Crippen LogP contribution in [0.15, 0.2) is 48.5 Å². The number of piperidine rings is 1. The maximum Gasteiger partial charge on any atom is 0.253 e. The lowest BCUT2D eigenvalue weighted by Crippen LogP contribution is -2.33. The third-order valence-electron chi connectivity index (χ3n) is 5.03. The highest BCUT2D eigenvalue weighted by atomic mass is 35.5. The molecule has 1 atom stereocenters. The normalized spacial score (nSPS) is 17.9. The van der Waals surface area contributed by atoms with E-state index in [2.05, 4.69) is 24.0 Å². The molecule has 0 spiro atoms. The van der Waals surface area contributed by atoms with E-state index in [1.807, 2.05) is 43.4 Å². The van der Waals surface area contributed by atoms with Crippen molar-refractivity contribution >= 4 is 17.5 Å². The van der Waals surface area contributed by atoms with E-state index < -0.39 is 0 Å². The van der Waals surface area contributed by atoms with Gasteiger partial charge >= 0.3 is 0 Å². The summed E-state index contributed by atoms with van der Waals surface area (Å²) in [5.74, 6) is 0.823. The number of amides is 1. The van der Waals surface area contributed by atoms with Gasteiger partial charge in [-0.3, -0.25) is 9.69 Å². The lowest BCUT2D eigenvalue weighted by Gasteiger charge is -2.30. The van der Waals surface area contributed by atoms with Gasteiger partial charge in [0.15, 0.2) is 0 Å². The quantitative estimate of drug-likeness (QED) is 0.751. The molecule has 1 aliphatic rings. The Bertz CT molecular complexity index is 727. The second kappa shape index (κ2) is 8.70. The Balaban J connectivity index is 1.58. The molecule has 0 N–H and O–H groups in total. The number of likely N-dealkylation sites (tertiary alicyclic amines) is 1. The smallest absolute Gasteiger partial charge is 0.253 e. The summed E-state index contributed by atoms with van der Waals surface area (Å²) in [5, 5.41) is 0.710. The zero-order valence-corrected chi connectivity index (χ0v) is 16.4. The summed E-state index contributed by atoms with van der Waals surface area (Å²) in [4.78, 5) is 16.9. The molecule has 0 bridgehead atoms. The lowest BCUT2D eigenvalue weighted by atomic mass is 9.99. The van der Waals surface area contributed by atoms with Crippen molar-refractivity contribution in [1.82, 2.24) is 9.80 Å². The third kappa shape index (κ3) is 5.09.